The molecular weight excluding hydrogens is 209 g/mol. The van der Waals surface area contributed by atoms with Crippen molar-refractivity contribution in [1.29, 1.82) is 0 Å². The number of hydrogen-bond donors (Lipinski definition) is 1. The van der Waals surface area contributed by atoms with Crippen molar-refractivity contribution >= 4 is 0 Å². The van der Waals surface area contributed by atoms with Crippen molar-refractivity contribution < 1.29 is 13.9 Å². The predicted molar refractivity (Wildman–Crippen MR) is 60.4 cm³/mol. The molecule has 0 bridgehead atoms. The van der Waals surface area contributed by atoms with Gasteiger partial charge < -0.3 is 15.2 Å². The smallest absolute Gasteiger partial charge is 0.128 e. The monoisotopic (exact) mass is 227 g/mol. The molecule has 0 aliphatic carbocycles. The van der Waals surface area contributed by atoms with Gasteiger partial charge in [-0.15, -0.1) is 0 Å². The van der Waals surface area contributed by atoms with Gasteiger partial charge >= 0.3 is 0 Å². The van der Waals surface area contributed by atoms with Crippen LogP contribution in [0, 0.1) is 5.82 Å². The topological polar surface area (TPSA) is 44.5 Å². The van der Waals surface area contributed by atoms with Crippen LogP contribution in [0.5, 0.6) is 0 Å². The van der Waals surface area contributed by atoms with Crippen molar-refractivity contribution in [3.63, 3.8) is 0 Å². The molecule has 0 saturated carbocycles. The molecule has 0 aliphatic rings. The third-order valence-corrected chi connectivity index (χ3v) is 2.27. The van der Waals surface area contributed by atoms with Crippen LogP contribution < -0.4 is 5.73 Å². The maximum absolute atomic E-state index is 13.4. The van der Waals surface area contributed by atoms with Crippen LogP contribution in [0.1, 0.15) is 18.1 Å². The SMILES string of the molecule is COCC(C)OCc1cc(CN)ccc1F. The number of benzene rings is 1. The maximum atomic E-state index is 13.4. The molecule has 4 heteroatoms. The summed E-state index contributed by atoms with van der Waals surface area (Å²) in [7, 11) is 1.61. The van der Waals surface area contributed by atoms with Crippen LogP contribution in [0.15, 0.2) is 18.2 Å². The number of halogens is 1. The van der Waals surface area contributed by atoms with Gasteiger partial charge in [-0.3, -0.25) is 0 Å². The quantitative estimate of drug-likeness (QED) is 0.806. The lowest BCUT2D eigenvalue weighted by Gasteiger charge is -2.12. The van der Waals surface area contributed by atoms with Crippen molar-refractivity contribution in [3.05, 3.63) is 35.1 Å². The fourth-order valence-corrected chi connectivity index (χ4v) is 1.38. The van der Waals surface area contributed by atoms with Crippen LogP contribution in [0.4, 0.5) is 4.39 Å². The minimum absolute atomic E-state index is 0.0501. The van der Waals surface area contributed by atoms with Crippen LogP contribution in [-0.4, -0.2) is 19.8 Å². The number of methoxy groups -OCH3 is 1. The number of ether oxygens (including phenoxy) is 2. The van der Waals surface area contributed by atoms with Gasteiger partial charge in [-0.05, 0) is 24.6 Å². The molecule has 1 atom stereocenters. The molecule has 0 spiro atoms. The fourth-order valence-electron chi connectivity index (χ4n) is 1.38. The summed E-state index contributed by atoms with van der Waals surface area (Å²) in [4.78, 5) is 0. The Balaban J connectivity index is 2.58. The molecule has 0 saturated heterocycles. The molecule has 3 nitrogen and oxygen atoms in total. The van der Waals surface area contributed by atoms with Crippen LogP contribution in [0.25, 0.3) is 0 Å². The Hall–Kier alpha value is -0.970. The first-order valence-electron chi connectivity index (χ1n) is 5.25. The Morgan fingerprint density at radius 3 is 2.81 bits per heavy atom. The van der Waals surface area contributed by atoms with Gasteiger partial charge in [-0.25, -0.2) is 4.39 Å². The van der Waals surface area contributed by atoms with Crippen LogP contribution >= 0.6 is 0 Å². The summed E-state index contributed by atoms with van der Waals surface area (Å²) in [5.41, 5.74) is 6.92. The van der Waals surface area contributed by atoms with Gasteiger partial charge in [-0.1, -0.05) is 6.07 Å². The summed E-state index contributed by atoms with van der Waals surface area (Å²) in [6.45, 7) is 3.03. The van der Waals surface area contributed by atoms with E-state index in [0.717, 1.165) is 5.56 Å². The van der Waals surface area contributed by atoms with Gasteiger partial charge in [0.05, 0.1) is 19.3 Å². The third-order valence-electron chi connectivity index (χ3n) is 2.27. The molecule has 0 heterocycles. The van der Waals surface area contributed by atoms with E-state index in [0.29, 0.717) is 18.7 Å². The summed E-state index contributed by atoms with van der Waals surface area (Å²) in [5, 5.41) is 0. The highest BCUT2D eigenvalue weighted by Crippen LogP contribution is 2.12. The molecule has 16 heavy (non-hydrogen) atoms. The van der Waals surface area contributed by atoms with E-state index in [9.17, 15) is 4.39 Å². The second-order valence-electron chi connectivity index (χ2n) is 3.71. The maximum Gasteiger partial charge on any atom is 0.128 e. The molecule has 0 fully saturated rings. The minimum atomic E-state index is -0.262. The predicted octanol–water partition coefficient (Wildman–Crippen LogP) is 1.84. The third kappa shape index (κ3) is 3.89. The zero-order valence-electron chi connectivity index (χ0n) is 9.70. The van der Waals surface area contributed by atoms with Gasteiger partial charge in [-0.2, -0.15) is 0 Å². The lowest BCUT2D eigenvalue weighted by Crippen LogP contribution is -2.15. The highest BCUT2D eigenvalue weighted by atomic mass is 19.1. The first-order valence-corrected chi connectivity index (χ1v) is 5.25. The lowest BCUT2D eigenvalue weighted by molar-refractivity contribution is -0.00112. The summed E-state index contributed by atoms with van der Waals surface area (Å²) in [5.74, 6) is -0.262. The van der Waals surface area contributed by atoms with Crippen LogP contribution in [-0.2, 0) is 22.6 Å². The molecule has 0 amide bonds. The zero-order valence-corrected chi connectivity index (χ0v) is 9.70. The van der Waals surface area contributed by atoms with Crippen molar-refractivity contribution in [3.8, 4) is 0 Å². The second-order valence-corrected chi connectivity index (χ2v) is 3.71. The Labute approximate surface area is 95.4 Å². The second kappa shape index (κ2) is 6.58. The van der Waals surface area contributed by atoms with Gasteiger partial charge in [0.2, 0.25) is 0 Å². The van der Waals surface area contributed by atoms with Crippen LogP contribution in [0.3, 0.4) is 0 Å². The van der Waals surface area contributed by atoms with E-state index >= 15 is 0 Å². The first-order chi connectivity index (χ1) is 7.67. The minimum Gasteiger partial charge on any atom is -0.382 e. The van der Waals surface area contributed by atoms with E-state index in [1.165, 1.54) is 6.07 Å². The Morgan fingerprint density at radius 1 is 1.44 bits per heavy atom. The zero-order chi connectivity index (χ0) is 12.0. The van der Waals surface area contributed by atoms with E-state index in [4.69, 9.17) is 15.2 Å². The number of rotatable bonds is 6. The molecule has 0 aliphatic heterocycles. The standard InChI is InChI=1S/C12H18FNO2/c1-9(7-15-2)16-8-11-5-10(6-14)3-4-12(11)13/h3-5,9H,6-8,14H2,1-2H3. The van der Waals surface area contributed by atoms with Crippen molar-refractivity contribution in [2.45, 2.75) is 26.2 Å². The summed E-state index contributed by atoms with van der Waals surface area (Å²) in [6.07, 6.45) is -0.0501. The molecule has 0 aromatic heterocycles. The molecule has 1 unspecified atom stereocenters. The van der Waals surface area contributed by atoms with Crippen molar-refractivity contribution in [1.82, 2.24) is 0 Å². The average Bonchev–Trinajstić information content (AvgIpc) is 2.28. The Bertz CT molecular complexity index is 331. The number of hydrogen-bond acceptors (Lipinski definition) is 3. The lowest BCUT2D eigenvalue weighted by atomic mass is 10.1. The first kappa shape index (κ1) is 13.1. The van der Waals surface area contributed by atoms with E-state index < -0.39 is 0 Å². The van der Waals surface area contributed by atoms with E-state index in [1.807, 2.05) is 6.92 Å². The van der Waals surface area contributed by atoms with E-state index in [-0.39, 0.29) is 18.5 Å². The fraction of sp³-hybridized carbons (Fsp3) is 0.500. The average molecular weight is 227 g/mol. The molecule has 1 rings (SSSR count). The van der Waals surface area contributed by atoms with Gasteiger partial charge in [0, 0.05) is 19.2 Å². The molecular formula is C12H18FNO2. The van der Waals surface area contributed by atoms with Gasteiger partial charge in [0.1, 0.15) is 5.82 Å². The Kier molecular flexibility index (Phi) is 5.38. The normalized spacial score (nSPS) is 12.8. The molecule has 90 valence electrons. The summed E-state index contributed by atoms with van der Waals surface area (Å²) in [6, 6.07) is 4.83. The van der Waals surface area contributed by atoms with E-state index in [2.05, 4.69) is 0 Å². The van der Waals surface area contributed by atoms with Crippen molar-refractivity contribution in [2.24, 2.45) is 5.73 Å². The Morgan fingerprint density at radius 2 is 2.19 bits per heavy atom. The molecule has 1 aromatic rings. The van der Waals surface area contributed by atoms with Crippen LogP contribution in [0.2, 0.25) is 0 Å². The largest absolute Gasteiger partial charge is 0.382 e. The summed E-state index contributed by atoms with van der Waals surface area (Å²) < 4.78 is 23.8. The highest BCUT2D eigenvalue weighted by Gasteiger charge is 2.06. The van der Waals surface area contributed by atoms with Gasteiger partial charge in [0.15, 0.2) is 0 Å². The van der Waals surface area contributed by atoms with Gasteiger partial charge in [0.25, 0.3) is 0 Å². The van der Waals surface area contributed by atoms with Crippen molar-refractivity contribution in [2.75, 3.05) is 13.7 Å². The summed E-state index contributed by atoms with van der Waals surface area (Å²) >= 11 is 0. The molecule has 1 aromatic carbocycles. The highest BCUT2D eigenvalue weighted by molar-refractivity contribution is 5.24. The van der Waals surface area contributed by atoms with E-state index in [1.54, 1.807) is 19.2 Å². The number of nitrogens with two attached hydrogens (primary N) is 1. The molecule has 0 radical (unpaired) electrons. The molecule has 2 N–H and O–H groups in total.